The monoisotopic (exact) mass is 158 g/mol. The predicted octanol–water partition coefficient (Wildman–Crippen LogP) is 1.97. The van der Waals surface area contributed by atoms with Crippen molar-refractivity contribution in [3.05, 3.63) is 18.7 Å². The normalized spacial score (nSPS) is 12.2. The summed E-state index contributed by atoms with van der Waals surface area (Å²) in [6, 6.07) is 0.590. The molecule has 0 saturated carbocycles. The molecule has 3 heteroatoms. The standard InChI is InChI=1S/C7H12N2.H2S/c1-3-7(2)9-5-4-8-6-9;/h4-7H,3H2,1-2H3;1H2. The molecule has 0 amide bonds. The van der Waals surface area contributed by atoms with Gasteiger partial charge < -0.3 is 4.57 Å². The van der Waals surface area contributed by atoms with Crippen LogP contribution in [0.2, 0.25) is 0 Å². The van der Waals surface area contributed by atoms with Crippen LogP contribution in [-0.4, -0.2) is 9.55 Å². The summed E-state index contributed by atoms with van der Waals surface area (Å²) >= 11 is 0. The highest BCUT2D eigenvalue weighted by Gasteiger charge is 1.96. The lowest BCUT2D eigenvalue weighted by atomic mass is 10.3. The van der Waals surface area contributed by atoms with Gasteiger partial charge in [0.2, 0.25) is 0 Å². The highest BCUT2D eigenvalue weighted by molar-refractivity contribution is 7.59. The quantitative estimate of drug-likeness (QED) is 0.643. The first-order chi connectivity index (χ1) is 4.34. The SMILES string of the molecule is CCC(C)n1ccnc1.S. The molecule has 0 fully saturated rings. The molecule has 1 aromatic rings. The Labute approximate surface area is 68.7 Å². The van der Waals surface area contributed by atoms with E-state index in [9.17, 15) is 0 Å². The Morgan fingerprint density at radius 2 is 2.30 bits per heavy atom. The highest BCUT2D eigenvalue weighted by Crippen LogP contribution is 2.06. The van der Waals surface area contributed by atoms with Crippen LogP contribution in [-0.2, 0) is 0 Å². The smallest absolute Gasteiger partial charge is 0.0948 e. The number of imidazole rings is 1. The number of aromatic nitrogens is 2. The molecule has 0 saturated heterocycles. The first-order valence-corrected chi connectivity index (χ1v) is 3.32. The summed E-state index contributed by atoms with van der Waals surface area (Å²) in [5, 5.41) is 0. The van der Waals surface area contributed by atoms with Gasteiger partial charge in [0.05, 0.1) is 6.33 Å². The number of hydrogen-bond donors (Lipinski definition) is 0. The molecule has 2 nitrogen and oxygen atoms in total. The summed E-state index contributed by atoms with van der Waals surface area (Å²) in [4.78, 5) is 3.95. The lowest BCUT2D eigenvalue weighted by Gasteiger charge is -2.07. The molecule has 1 atom stereocenters. The van der Waals surface area contributed by atoms with Gasteiger partial charge >= 0.3 is 0 Å². The van der Waals surface area contributed by atoms with Gasteiger partial charge in [-0.25, -0.2) is 4.98 Å². The zero-order chi connectivity index (χ0) is 6.69. The van der Waals surface area contributed by atoms with Crippen LogP contribution in [0.15, 0.2) is 18.7 Å². The van der Waals surface area contributed by atoms with Crippen molar-refractivity contribution < 1.29 is 0 Å². The van der Waals surface area contributed by atoms with E-state index in [1.54, 1.807) is 0 Å². The van der Waals surface area contributed by atoms with Gasteiger partial charge in [0.1, 0.15) is 0 Å². The van der Waals surface area contributed by atoms with Crippen LogP contribution in [0.1, 0.15) is 26.3 Å². The Balaban J connectivity index is 0.000000810. The zero-order valence-corrected chi connectivity index (χ0v) is 7.41. The van der Waals surface area contributed by atoms with Gasteiger partial charge in [-0.2, -0.15) is 13.5 Å². The first kappa shape index (κ1) is 9.56. The van der Waals surface area contributed by atoms with Crippen LogP contribution in [0.5, 0.6) is 0 Å². The lowest BCUT2D eigenvalue weighted by Crippen LogP contribution is -1.99. The molecule has 0 radical (unpaired) electrons. The summed E-state index contributed by atoms with van der Waals surface area (Å²) in [5.41, 5.74) is 0. The van der Waals surface area contributed by atoms with E-state index < -0.39 is 0 Å². The fraction of sp³-hybridized carbons (Fsp3) is 0.571. The third-order valence-electron chi connectivity index (χ3n) is 1.62. The predicted molar refractivity (Wildman–Crippen MR) is 47.6 cm³/mol. The highest BCUT2D eigenvalue weighted by atomic mass is 32.1. The maximum absolute atomic E-state index is 3.95. The van der Waals surface area contributed by atoms with Crippen molar-refractivity contribution in [3.8, 4) is 0 Å². The summed E-state index contributed by atoms with van der Waals surface area (Å²) in [6.07, 6.45) is 6.82. The largest absolute Gasteiger partial charge is 0.335 e. The maximum atomic E-state index is 3.95. The van der Waals surface area contributed by atoms with E-state index in [4.69, 9.17) is 0 Å². The summed E-state index contributed by atoms with van der Waals surface area (Å²) < 4.78 is 2.11. The van der Waals surface area contributed by atoms with Gasteiger partial charge in [0.25, 0.3) is 0 Å². The van der Waals surface area contributed by atoms with E-state index in [0.29, 0.717) is 6.04 Å². The molecule has 0 spiro atoms. The molecule has 1 heterocycles. The Bertz CT molecular complexity index is 160. The van der Waals surface area contributed by atoms with Crippen LogP contribution in [0.25, 0.3) is 0 Å². The van der Waals surface area contributed by atoms with Crippen molar-refractivity contribution in [1.29, 1.82) is 0 Å². The zero-order valence-electron chi connectivity index (χ0n) is 6.41. The van der Waals surface area contributed by atoms with E-state index in [0.717, 1.165) is 6.42 Å². The second-order valence-electron chi connectivity index (χ2n) is 2.27. The van der Waals surface area contributed by atoms with Crippen molar-refractivity contribution in [2.24, 2.45) is 0 Å². The molecule has 10 heavy (non-hydrogen) atoms. The van der Waals surface area contributed by atoms with Crippen LogP contribution < -0.4 is 0 Å². The van der Waals surface area contributed by atoms with Crippen molar-refractivity contribution in [3.63, 3.8) is 0 Å². The Hall–Kier alpha value is -0.440. The fourth-order valence-corrected chi connectivity index (χ4v) is 0.741. The molecular formula is C7H14N2S. The van der Waals surface area contributed by atoms with E-state index in [1.165, 1.54) is 0 Å². The molecule has 1 rings (SSSR count). The second kappa shape index (κ2) is 4.39. The van der Waals surface area contributed by atoms with Crippen molar-refractivity contribution >= 4 is 13.5 Å². The van der Waals surface area contributed by atoms with E-state index in [-0.39, 0.29) is 13.5 Å². The number of hydrogen-bond acceptors (Lipinski definition) is 1. The molecule has 58 valence electrons. The molecule has 0 aromatic carbocycles. The minimum atomic E-state index is 0. The third kappa shape index (κ3) is 2.06. The van der Waals surface area contributed by atoms with Gasteiger partial charge in [-0.15, -0.1) is 0 Å². The minimum Gasteiger partial charge on any atom is -0.335 e. The third-order valence-corrected chi connectivity index (χ3v) is 1.62. The molecule has 0 bridgehead atoms. The number of nitrogens with zero attached hydrogens (tertiary/aromatic N) is 2. The van der Waals surface area contributed by atoms with E-state index in [1.807, 2.05) is 18.7 Å². The van der Waals surface area contributed by atoms with Gasteiger partial charge in [0, 0.05) is 18.4 Å². The van der Waals surface area contributed by atoms with Crippen LogP contribution in [0.4, 0.5) is 0 Å². The molecule has 0 aliphatic carbocycles. The molecule has 0 aliphatic heterocycles. The van der Waals surface area contributed by atoms with E-state index >= 15 is 0 Å². The Kier molecular flexibility index (Phi) is 4.19. The molecule has 1 aromatic heterocycles. The fourth-order valence-electron chi connectivity index (χ4n) is 0.741. The van der Waals surface area contributed by atoms with Crippen LogP contribution in [0, 0.1) is 0 Å². The lowest BCUT2D eigenvalue weighted by molar-refractivity contribution is 0.530. The topological polar surface area (TPSA) is 17.8 Å². The average Bonchev–Trinajstić information content (AvgIpc) is 2.37. The molecule has 1 unspecified atom stereocenters. The van der Waals surface area contributed by atoms with Crippen LogP contribution >= 0.6 is 13.5 Å². The van der Waals surface area contributed by atoms with Crippen molar-refractivity contribution in [1.82, 2.24) is 9.55 Å². The minimum absolute atomic E-state index is 0. The average molecular weight is 158 g/mol. The Morgan fingerprint density at radius 3 is 2.70 bits per heavy atom. The van der Waals surface area contributed by atoms with Gasteiger partial charge in [0.15, 0.2) is 0 Å². The van der Waals surface area contributed by atoms with Crippen molar-refractivity contribution in [2.75, 3.05) is 0 Å². The number of rotatable bonds is 2. The van der Waals surface area contributed by atoms with E-state index in [2.05, 4.69) is 23.4 Å². The van der Waals surface area contributed by atoms with Gasteiger partial charge in [-0.3, -0.25) is 0 Å². The summed E-state index contributed by atoms with van der Waals surface area (Å²) in [7, 11) is 0. The first-order valence-electron chi connectivity index (χ1n) is 3.32. The van der Waals surface area contributed by atoms with Gasteiger partial charge in [-0.1, -0.05) is 6.92 Å². The van der Waals surface area contributed by atoms with Crippen molar-refractivity contribution in [2.45, 2.75) is 26.3 Å². The Morgan fingerprint density at radius 1 is 1.60 bits per heavy atom. The maximum Gasteiger partial charge on any atom is 0.0948 e. The summed E-state index contributed by atoms with van der Waals surface area (Å²) in [5.74, 6) is 0. The van der Waals surface area contributed by atoms with Crippen LogP contribution in [0.3, 0.4) is 0 Å². The molecular weight excluding hydrogens is 144 g/mol. The molecule has 0 aliphatic rings. The second-order valence-corrected chi connectivity index (χ2v) is 2.27. The molecule has 0 N–H and O–H groups in total. The summed E-state index contributed by atoms with van der Waals surface area (Å²) in [6.45, 7) is 4.35. The van der Waals surface area contributed by atoms with Gasteiger partial charge in [-0.05, 0) is 13.3 Å².